The second kappa shape index (κ2) is 7.35. The number of non-ortho nitro benzene ring substituents is 1. The molecule has 1 aliphatic rings. The molecule has 2 aromatic rings. The fourth-order valence-electron chi connectivity index (χ4n) is 2.91. The minimum Gasteiger partial charge on any atom is -0.467 e. The maximum absolute atomic E-state index is 11.7. The summed E-state index contributed by atoms with van der Waals surface area (Å²) in [6, 6.07) is 8.21. The number of furan rings is 1. The van der Waals surface area contributed by atoms with Crippen LogP contribution in [0, 0.1) is 10.1 Å². The molecule has 8 heteroatoms. The highest BCUT2D eigenvalue weighted by Crippen LogP contribution is 2.22. The van der Waals surface area contributed by atoms with Crippen molar-refractivity contribution >= 4 is 17.3 Å². The number of hydrogen-bond donors (Lipinski definition) is 0. The number of anilines is 1. The van der Waals surface area contributed by atoms with Crippen molar-refractivity contribution in [3.63, 3.8) is 0 Å². The number of benzene rings is 1. The molecule has 1 fully saturated rings. The summed E-state index contributed by atoms with van der Waals surface area (Å²) in [5.41, 5.74) is 1.52. The first-order valence-corrected chi connectivity index (χ1v) is 7.95. The smallest absolute Gasteiger partial charge is 0.341 e. The first-order chi connectivity index (χ1) is 12.1. The summed E-state index contributed by atoms with van der Waals surface area (Å²) in [6.07, 6.45) is 1.49. The Morgan fingerprint density at radius 2 is 1.88 bits per heavy atom. The van der Waals surface area contributed by atoms with E-state index in [1.54, 1.807) is 18.2 Å². The molecule has 0 atom stereocenters. The molecule has 1 aromatic heterocycles. The molecule has 8 nitrogen and oxygen atoms in total. The van der Waals surface area contributed by atoms with Crippen LogP contribution in [0.1, 0.15) is 16.1 Å². The van der Waals surface area contributed by atoms with Crippen LogP contribution in [-0.2, 0) is 11.3 Å². The van der Waals surface area contributed by atoms with Gasteiger partial charge in [-0.1, -0.05) is 0 Å². The summed E-state index contributed by atoms with van der Waals surface area (Å²) in [4.78, 5) is 26.4. The Balaban J connectivity index is 1.58. The Kier molecular flexibility index (Phi) is 4.99. The number of esters is 1. The molecule has 132 valence electrons. The summed E-state index contributed by atoms with van der Waals surface area (Å²) >= 11 is 0. The van der Waals surface area contributed by atoms with E-state index in [2.05, 4.69) is 9.80 Å². The largest absolute Gasteiger partial charge is 0.467 e. The van der Waals surface area contributed by atoms with Crippen LogP contribution in [0.2, 0.25) is 0 Å². The number of nitrogens with zero attached hydrogens (tertiary/aromatic N) is 3. The first-order valence-electron chi connectivity index (χ1n) is 7.95. The van der Waals surface area contributed by atoms with Crippen LogP contribution in [0.15, 0.2) is 41.0 Å². The lowest BCUT2D eigenvalue weighted by atomic mass is 10.2. The van der Waals surface area contributed by atoms with Crippen molar-refractivity contribution in [1.82, 2.24) is 4.90 Å². The molecular formula is C17H19N3O5. The van der Waals surface area contributed by atoms with Crippen LogP contribution in [0.4, 0.5) is 11.4 Å². The van der Waals surface area contributed by atoms with Crippen molar-refractivity contribution in [3.05, 3.63) is 58.0 Å². The third-order valence-corrected chi connectivity index (χ3v) is 4.32. The molecule has 0 spiro atoms. The molecule has 0 saturated carbocycles. The van der Waals surface area contributed by atoms with E-state index in [0.29, 0.717) is 17.9 Å². The van der Waals surface area contributed by atoms with E-state index in [0.717, 1.165) is 31.9 Å². The van der Waals surface area contributed by atoms with Gasteiger partial charge in [-0.15, -0.1) is 0 Å². The molecule has 0 N–H and O–H groups in total. The van der Waals surface area contributed by atoms with E-state index in [1.807, 2.05) is 0 Å². The Bertz CT molecular complexity index is 748. The standard InChI is InChI=1S/C17H19N3O5/c1-24-17(21)15-6-11-25-16(15)12-18-7-9-19(10-8-18)13-2-4-14(5-3-13)20(22)23/h2-6,11H,7-10,12H2,1H3. The van der Waals surface area contributed by atoms with Gasteiger partial charge in [0.1, 0.15) is 11.3 Å². The van der Waals surface area contributed by atoms with Crippen LogP contribution in [0.3, 0.4) is 0 Å². The van der Waals surface area contributed by atoms with Crippen molar-refractivity contribution in [2.75, 3.05) is 38.2 Å². The molecule has 2 heterocycles. The Labute approximate surface area is 144 Å². The number of ether oxygens (including phenoxy) is 1. The van der Waals surface area contributed by atoms with Crippen molar-refractivity contribution in [2.45, 2.75) is 6.54 Å². The Hall–Kier alpha value is -2.87. The normalized spacial score (nSPS) is 15.2. The van der Waals surface area contributed by atoms with E-state index >= 15 is 0 Å². The second-order valence-corrected chi connectivity index (χ2v) is 5.79. The van der Waals surface area contributed by atoms with Crippen molar-refractivity contribution in [2.24, 2.45) is 0 Å². The van der Waals surface area contributed by atoms with Gasteiger partial charge in [-0.3, -0.25) is 15.0 Å². The number of rotatable bonds is 5. The van der Waals surface area contributed by atoms with Gasteiger partial charge < -0.3 is 14.1 Å². The van der Waals surface area contributed by atoms with Gasteiger partial charge >= 0.3 is 5.97 Å². The molecule has 0 unspecified atom stereocenters. The van der Waals surface area contributed by atoms with Gasteiger partial charge in [0.05, 0.1) is 24.8 Å². The lowest BCUT2D eigenvalue weighted by Crippen LogP contribution is -2.46. The number of carbonyl (C=O) groups is 1. The molecule has 1 aromatic carbocycles. The average Bonchev–Trinajstić information content (AvgIpc) is 3.10. The zero-order valence-corrected chi connectivity index (χ0v) is 13.9. The Morgan fingerprint density at radius 3 is 2.48 bits per heavy atom. The van der Waals surface area contributed by atoms with Gasteiger partial charge in [0, 0.05) is 44.0 Å². The summed E-state index contributed by atoms with van der Waals surface area (Å²) < 4.78 is 10.2. The SMILES string of the molecule is COC(=O)c1ccoc1CN1CCN(c2ccc([N+](=O)[O-])cc2)CC1. The van der Waals surface area contributed by atoms with Crippen LogP contribution in [-0.4, -0.2) is 49.1 Å². The summed E-state index contributed by atoms with van der Waals surface area (Å²) in [6.45, 7) is 3.75. The third-order valence-electron chi connectivity index (χ3n) is 4.32. The molecule has 25 heavy (non-hydrogen) atoms. The topological polar surface area (TPSA) is 89.1 Å². The van der Waals surface area contributed by atoms with E-state index in [4.69, 9.17) is 9.15 Å². The van der Waals surface area contributed by atoms with Crippen molar-refractivity contribution < 1.29 is 18.9 Å². The quantitative estimate of drug-likeness (QED) is 0.466. The zero-order valence-electron chi connectivity index (χ0n) is 13.9. The lowest BCUT2D eigenvalue weighted by molar-refractivity contribution is -0.384. The number of nitro groups is 1. The molecule has 3 rings (SSSR count). The number of hydrogen-bond acceptors (Lipinski definition) is 7. The predicted octanol–water partition coefficient (Wildman–Crippen LogP) is 2.30. The van der Waals surface area contributed by atoms with Gasteiger partial charge in [0.2, 0.25) is 0 Å². The second-order valence-electron chi connectivity index (χ2n) is 5.79. The first kappa shape index (κ1) is 17.0. The molecular weight excluding hydrogens is 326 g/mol. The fraction of sp³-hybridized carbons (Fsp3) is 0.353. The number of methoxy groups -OCH3 is 1. The highest BCUT2D eigenvalue weighted by atomic mass is 16.6. The summed E-state index contributed by atoms with van der Waals surface area (Å²) in [5, 5.41) is 10.7. The molecule has 0 bridgehead atoms. The number of carbonyl (C=O) groups excluding carboxylic acids is 1. The molecule has 0 radical (unpaired) electrons. The van der Waals surface area contributed by atoms with Crippen LogP contribution in [0.25, 0.3) is 0 Å². The molecule has 1 aliphatic heterocycles. The van der Waals surface area contributed by atoms with Crippen molar-refractivity contribution in [1.29, 1.82) is 0 Å². The molecule has 0 amide bonds. The van der Waals surface area contributed by atoms with E-state index in [-0.39, 0.29) is 5.69 Å². The number of nitro benzene ring substituents is 1. The van der Waals surface area contributed by atoms with Crippen LogP contribution in [0.5, 0.6) is 0 Å². The minimum absolute atomic E-state index is 0.0931. The monoisotopic (exact) mass is 345 g/mol. The van der Waals surface area contributed by atoms with E-state index < -0.39 is 10.9 Å². The number of piperazine rings is 1. The highest BCUT2D eigenvalue weighted by molar-refractivity contribution is 5.90. The van der Waals surface area contributed by atoms with Gasteiger partial charge in [0.15, 0.2) is 0 Å². The fourth-order valence-corrected chi connectivity index (χ4v) is 2.91. The van der Waals surface area contributed by atoms with Crippen molar-refractivity contribution in [3.8, 4) is 0 Å². The minimum atomic E-state index is -0.399. The zero-order chi connectivity index (χ0) is 17.8. The van der Waals surface area contributed by atoms with Gasteiger partial charge in [0.25, 0.3) is 5.69 Å². The van der Waals surface area contributed by atoms with Gasteiger partial charge in [-0.25, -0.2) is 4.79 Å². The van der Waals surface area contributed by atoms with Gasteiger partial charge in [-0.2, -0.15) is 0 Å². The molecule has 1 saturated heterocycles. The Morgan fingerprint density at radius 1 is 1.20 bits per heavy atom. The maximum Gasteiger partial charge on any atom is 0.341 e. The van der Waals surface area contributed by atoms with Crippen LogP contribution < -0.4 is 4.90 Å². The lowest BCUT2D eigenvalue weighted by Gasteiger charge is -2.35. The predicted molar refractivity (Wildman–Crippen MR) is 90.6 cm³/mol. The van der Waals surface area contributed by atoms with E-state index in [1.165, 1.54) is 25.5 Å². The van der Waals surface area contributed by atoms with Crippen LogP contribution >= 0.6 is 0 Å². The van der Waals surface area contributed by atoms with Gasteiger partial charge in [-0.05, 0) is 18.2 Å². The van der Waals surface area contributed by atoms with E-state index in [9.17, 15) is 14.9 Å². The highest BCUT2D eigenvalue weighted by Gasteiger charge is 2.22. The molecule has 0 aliphatic carbocycles. The summed E-state index contributed by atoms with van der Waals surface area (Å²) in [5.74, 6) is 0.212. The third kappa shape index (κ3) is 3.80. The average molecular weight is 345 g/mol. The maximum atomic E-state index is 11.7. The summed E-state index contributed by atoms with van der Waals surface area (Å²) in [7, 11) is 1.35.